The third-order valence-corrected chi connectivity index (χ3v) is 5.55. The van der Waals surface area contributed by atoms with Gasteiger partial charge in [0.15, 0.2) is 0 Å². The van der Waals surface area contributed by atoms with Gasteiger partial charge in [-0.2, -0.15) is 0 Å². The molecule has 7 nitrogen and oxygen atoms in total. The molecule has 2 fully saturated rings. The fraction of sp³-hybridized carbons (Fsp3) is 0.286. The minimum Gasteiger partial charge on any atom is -0.342 e. The Kier molecular flexibility index (Phi) is 5.59. The summed E-state index contributed by atoms with van der Waals surface area (Å²) in [4.78, 5) is 41.1. The van der Waals surface area contributed by atoms with E-state index in [1.165, 1.54) is 28.0 Å². The third-order valence-electron chi connectivity index (χ3n) is 5.30. The fourth-order valence-corrected chi connectivity index (χ4v) is 3.87. The number of benzene rings is 2. The molecule has 0 bridgehead atoms. The first-order valence-corrected chi connectivity index (χ1v) is 9.95. The van der Waals surface area contributed by atoms with Crippen LogP contribution in [-0.2, 0) is 16.0 Å². The zero-order chi connectivity index (χ0) is 21.3. The number of nitrogens with one attached hydrogen (secondary N) is 2. The number of carbonyl (C=O) groups excluding carboxylic acids is 3. The Hall–Kier alpha value is -3.13. The molecule has 0 aromatic heterocycles. The number of anilines is 1. The first-order valence-electron chi connectivity index (χ1n) is 9.57. The largest absolute Gasteiger partial charge is 0.342 e. The number of fused-ring (bicyclic) bond motifs is 1. The molecular formula is C21H20ClFN4O3. The molecule has 0 aliphatic carbocycles. The van der Waals surface area contributed by atoms with Crippen molar-refractivity contribution in [3.63, 3.8) is 0 Å². The van der Waals surface area contributed by atoms with E-state index >= 15 is 0 Å². The minimum absolute atomic E-state index is 0.0758. The summed E-state index contributed by atoms with van der Waals surface area (Å²) in [6, 6.07) is 10.9. The van der Waals surface area contributed by atoms with E-state index in [0.717, 1.165) is 5.56 Å². The van der Waals surface area contributed by atoms with Gasteiger partial charge in [0.1, 0.15) is 17.9 Å². The predicted octanol–water partition coefficient (Wildman–Crippen LogP) is 2.26. The number of piperazine rings is 2. The van der Waals surface area contributed by atoms with Crippen molar-refractivity contribution in [3.05, 3.63) is 64.9 Å². The van der Waals surface area contributed by atoms with Crippen molar-refractivity contribution in [1.29, 1.82) is 0 Å². The fourth-order valence-electron chi connectivity index (χ4n) is 3.75. The van der Waals surface area contributed by atoms with Gasteiger partial charge < -0.3 is 20.4 Å². The first-order chi connectivity index (χ1) is 14.4. The maximum absolute atomic E-state index is 13.3. The van der Waals surface area contributed by atoms with E-state index in [0.29, 0.717) is 17.1 Å². The molecule has 0 radical (unpaired) electrons. The van der Waals surface area contributed by atoms with Gasteiger partial charge in [-0.25, -0.2) is 9.18 Å². The number of halogens is 2. The molecule has 30 heavy (non-hydrogen) atoms. The Morgan fingerprint density at radius 2 is 1.93 bits per heavy atom. The van der Waals surface area contributed by atoms with Crippen LogP contribution in [0.15, 0.2) is 48.5 Å². The molecule has 2 aromatic rings. The Morgan fingerprint density at radius 1 is 1.17 bits per heavy atom. The maximum Gasteiger partial charge on any atom is 0.321 e. The lowest BCUT2D eigenvalue weighted by atomic mass is 9.99. The van der Waals surface area contributed by atoms with Crippen molar-refractivity contribution in [2.75, 3.05) is 25.0 Å². The van der Waals surface area contributed by atoms with Crippen molar-refractivity contribution in [3.8, 4) is 0 Å². The second-order valence-corrected chi connectivity index (χ2v) is 7.76. The standard InChI is InChI=1S/C21H20ClFN4O3/c22-14-6-4-13(5-7-14)10-17-20(29)27-9-8-26(12-18(27)19(28)25-17)21(30)24-16-3-1-2-15(23)11-16/h1-7,11,17-18H,8-10,12H2,(H,24,30)(H,25,28)/t17-,18+/m0/s1. The SMILES string of the molecule is O=C1N[C@@H](Cc2ccc(Cl)cc2)C(=O)N2CCN(C(=O)Nc3cccc(F)c3)C[C@H]12. The van der Waals surface area contributed by atoms with E-state index in [2.05, 4.69) is 10.6 Å². The minimum atomic E-state index is -0.744. The molecule has 4 rings (SSSR count). The highest BCUT2D eigenvalue weighted by Gasteiger charge is 2.44. The van der Waals surface area contributed by atoms with Gasteiger partial charge in [-0.15, -0.1) is 0 Å². The van der Waals surface area contributed by atoms with Gasteiger partial charge in [-0.3, -0.25) is 9.59 Å². The van der Waals surface area contributed by atoms with Crippen LogP contribution in [0.3, 0.4) is 0 Å². The highest BCUT2D eigenvalue weighted by atomic mass is 35.5. The number of urea groups is 1. The highest BCUT2D eigenvalue weighted by molar-refractivity contribution is 6.30. The van der Waals surface area contributed by atoms with E-state index in [1.54, 1.807) is 18.2 Å². The number of amides is 4. The number of hydrogen-bond donors (Lipinski definition) is 2. The van der Waals surface area contributed by atoms with Gasteiger partial charge in [0, 0.05) is 30.2 Å². The van der Waals surface area contributed by atoms with E-state index in [1.807, 2.05) is 12.1 Å². The lowest BCUT2D eigenvalue weighted by molar-refractivity contribution is -0.152. The molecule has 156 valence electrons. The Morgan fingerprint density at radius 3 is 2.67 bits per heavy atom. The van der Waals surface area contributed by atoms with Crippen molar-refractivity contribution in [2.24, 2.45) is 0 Å². The Bertz CT molecular complexity index is 984. The quantitative estimate of drug-likeness (QED) is 0.783. The van der Waals surface area contributed by atoms with Gasteiger partial charge in [-0.1, -0.05) is 29.8 Å². The van der Waals surface area contributed by atoms with Crippen LogP contribution in [0.25, 0.3) is 0 Å². The second kappa shape index (κ2) is 8.31. The zero-order valence-corrected chi connectivity index (χ0v) is 16.7. The molecule has 2 aliphatic heterocycles. The summed E-state index contributed by atoms with van der Waals surface area (Å²) in [6.07, 6.45) is 0.370. The van der Waals surface area contributed by atoms with E-state index in [9.17, 15) is 18.8 Å². The topological polar surface area (TPSA) is 81.8 Å². The summed E-state index contributed by atoms with van der Waals surface area (Å²) in [7, 11) is 0. The van der Waals surface area contributed by atoms with Gasteiger partial charge in [0.2, 0.25) is 11.8 Å². The van der Waals surface area contributed by atoms with Crippen LogP contribution in [0.4, 0.5) is 14.9 Å². The van der Waals surface area contributed by atoms with E-state index in [4.69, 9.17) is 11.6 Å². The van der Waals surface area contributed by atoms with Gasteiger partial charge in [-0.05, 0) is 35.9 Å². The molecule has 2 heterocycles. The Labute approximate surface area is 177 Å². The lowest BCUT2D eigenvalue weighted by Gasteiger charge is -2.45. The highest BCUT2D eigenvalue weighted by Crippen LogP contribution is 2.20. The van der Waals surface area contributed by atoms with Crippen LogP contribution in [0.2, 0.25) is 5.02 Å². The summed E-state index contributed by atoms with van der Waals surface area (Å²) in [6.45, 7) is 0.612. The average molecular weight is 431 g/mol. The van der Waals surface area contributed by atoms with E-state index in [-0.39, 0.29) is 31.4 Å². The summed E-state index contributed by atoms with van der Waals surface area (Å²) >= 11 is 5.89. The second-order valence-electron chi connectivity index (χ2n) is 7.33. The molecule has 2 N–H and O–H groups in total. The molecular weight excluding hydrogens is 411 g/mol. The van der Waals surface area contributed by atoms with Crippen LogP contribution in [-0.4, -0.2) is 59.4 Å². The predicted molar refractivity (Wildman–Crippen MR) is 110 cm³/mol. The van der Waals surface area contributed by atoms with Crippen molar-refractivity contribution >= 4 is 35.1 Å². The van der Waals surface area contributed by atoms with Gasteiger partial charge >= 0.3 is 6.03 Å². The molecule has 2 saturated heterocycles. The van der Waals surface area contributed by atoms with Crippen molar-refractivity contribution in [2.45, 2.75) is 18.5 Å². The van der Waals surface area contributed by atoms with Crippen molar-refractivity contribution < 1.29 is 18.8 Å². The summed E-state index contributed by atoms with van der Waals surface area (Å²) < 4.78 is 13.3. The zero-order valence-electron chi connectivity index (χ0n) is 16.0. The number of hydrogen-bond acceptors (Lipinski definition) is 3. The van der Waals surface area contributed by atoms with Gasteiger partial charge in [0.05, 0.1) is 6.54 Å². The molecule has 2 atom stereocenters. The molecule has 0 unspecified atom stereocenters. The normalized spacial score (nSPS) is 21.1. The van der Waals surface area contributed by atoms with Crippen LogP contribution in [0.5, 0.6) is 0 Å². The Balaban J connectivity index is 1.40. The number of rotatable bonds is 3. The maximum atomic E-state index is 13.3. The third kappa shape index (κ3) is 4.23. The van der Waals surface area contributed by atoms with Crippen LogP contribution in [0, 0.1) is 5.82 Å². The van der Waals surface area contributed by atoms with Gasteiger partial charge in [0.25, 0.3) is 0 Å². The summed E-state index contributed by atoms with van der Waals surface area (Å²) in [5.74, 6) is -0.918. The molecule has 2 aliphatic rings. The monoisotopic (exact) mass is 430 g/mol. The lowest BCUT2D eigenvalue weighted by Crippen LogP contribution is -2.70. The van der Waals surface area contributed by atoms with Crippen LogP contribution < -0.4 is 10.6 Å². The number of nitrogens with zero attached hydrogens (tertiary/aromatic N) is 2. The van der Waals surface area contributed by atoms with Crippen LogP contribution in [0.1, 0.15) is 5.56 Å². The van der Waals surface area contributed by atoms with Crippen LogP contribution >= 0.6 is 11.6 Å². The number of carbonyl (C=O) groups is 3. The molecule has 2 aromatic carbocycles. The molecule has 4 amide bonds. The molecule has 0 saturated carbocycles. The average Bonchev–Trinajstić information content (AvgIpc) is 2.73. The molecule has 9 heteroatoms. The smallest absolute Gasteiger partial charge is 0.321 e. The van der Waals surface area contributed by atoms with E-state index < -0.39 is 23.9 Å². The summed E-state index contributed by atoms with van der Waals surface area (Å²) in [5, 5.41) is 6.00. The first kappa shape index (κ1) is 20.2. The summed E-state index contributed by atoms with van der Waals surface area (Å²) in [5.41, 5.74) is 1.22. The van der Waals surface area contributed by atoms with Crippen molar-refractivity contribution in [1.82, 2.24) is 15.1 Å². The molecule has 0 spiro atoms.